The van der Waals surface area contributed by atoms with Crippen LogP contribution < -0.4 is 5.73 Å². The standard InChI is InChI=1S/C18H25N3O/c1-13(2)17(22)9-8-15(14-6-4-3-5-7-14)12-16-10-11-20-18(19)21-16/h3-7,10-11,13,15,17,22H,8-9,12H2,1-2H3,(H2,19,20,21). The molecular formula is C18H25N3O. The monoisotopic (exact) mass is 299 g/mol. The third-order valence-corrected chi connectivity index (χ3v) is 4.04. The number of aliphatic hydroxyl groups is 1. The van der Waals surface area contributed by atoms with Crippen LogP contribution in [0.2, 0.25) is 0 Å². The van der Waals surface area contributed by atoms with Gasteiger partial charge in [0.2, 0.25) is 5.95 Å². The molecule has 0 aliphatic heterocycles. The first-order chi connectivity index (χ1) is 10.6. The van der Waals surface area contributed by atoms with Gasteiger partial charge in [-0.05, 0) is 42.7 Å². The van der Waals surface area contributed by atoms with Gasteiger partial charge in [0.25, 0.3) is 0 Å². The van der Waals surface area contributed by atoms with Crippen LogP contribution >= 0.6 is 0 Å². The molecule has 1 aromatic heterocycles. The summed E-state index contributed by atoms with van der Waals surface area (Å²) in [7, 11) is 0. The topological polar surface area (TPSA) is 72.0 Å². The quantitative estimate of drug-likeness (QED) is 0.823. The Labute approximate surface area is 132 Å². The predicted octanol–water partition coefficient (Wildman–Crippen LogP) is 3.18. The Hall–Kier alpha value is -1.94. The van der Waals surface area contributed by atoms with Crippen LogP contribution in [-0.2, 0) is 6.42 Å². The summed E-state index contributed by atoms with van der Waals surface area (Å²) in [4.78, 5) is 8.25. The zero-order valence-electron chi connectivity index (χ0n) is 13.3. The first kappa shape index (κ1) is 16.4. The summed E-state index contributed by atoms with van der Waals surface area (Å²) in [5.41, 5.74) is 7.89. The largest absolute Gasteiger partial charge is 0.393 e. The minimum absolute atomic E-state index is 0.262. The Balaban J connectivity index is 2.11. The van der Waals surface area contributed by atoms with Crippen molar-refractivity contribution in [2.45, 2.75) is 45.1 Å². The zero-order valence-corrected chi connectivity index (χ0v) is 13.3. The van der Waals surface area contributed by atoms with Gasteiger partial charge in [-0.2, -0.15) is 0 Å². The number of nitrogens with zero attached hydrogens (tertiary/aromatic N) is 2. The van der Waals surface area contributed by atoms with Gasteiger partial charge in [0.1, 0.15) is 0 Å². The zero-order chi connectivity index (χ0) is 15.9. The Morgan fingerprint density at radius 2 is 1.82 bits per heavy atom. The summed E-state index contributed by atoms with van der Waals surface area (Å²) in [6.45, 7) is 4.10. The molecule has 118 valence electrons. The lowest BCUT2D eigenvalue weighted by Crippen LogP contribution is -2.16. The second-order valence-electron chi connectivity index (χ2n) is 6.11. The number of hydrogen-bond donors (Lipinski definition) is 2. The number of benzene rings is 1. The van der Waals surface area contributed by atoms with Gasteiger partial charge in [-0.1, -0.05) is 44.2 Å². The summed E-state index contributed by atoms with van der Waals surface area (Å²) in [6.07, 6.45) is 3.96. The predicted molar refractivity (Wildman–Crippen MR) is 89.4 cm³/mol. The van der Waals surface area contributed by atoms with E-state index in [2.05, 4.69) is 34.2 Å². The normalized spacial score (nSPS) is 14.0. The van der Waals surface area contributed by atoms with Gasteiger partial charge < -0.3 is 10.8 Å². The van der Waals surface area contributed by atoms with Crippen LogP contribution in [0.5, 0.6) is 0 Å². The van der Waals surface area contributed by atoms with E-state index in [1.165, 1.54) is 5.56 Å². The fourth-order valence-corrected chi connectivity index (χ4v) is 2.60. The number of rotatable bonds is 7. The maximum Gasteiger partial charge on any atom is 0.220 e. The van der Waals surface area contributed by atoms with E-state index in [1.807, 2.05) is 26.0 Å². The van der Waals surface area contributed by atoms with Crippen molar-refractivity contribution in [3.05, 3.63) is 53.9 Å². The molecular weight excluding hydrogens is 274 g/mol. The van der Waals surface area contributed by atoms with E-state index in [-0.39, 0.29) is 12.0 Å². The van der Waals surface area contributed by atoms with E-state index >= 15 is 0 Å². The summed E-state index contributed by atoms with van der Waals surface area (Å²) in [5, 5.41) is 10.1. The number of aromatic nitrogens is 2. The smallest absolute Gasteiger partial charge is 0.220 e. The number of nitrogen functional groups attached to an aromatic ring is 1. The van der Waals surface area contributed by atoms with Crippen molar-refractivity contribution in [3.8, 4) is 0 Å². The van der Waals surface area contributed by atoms with E-state index in [0.29, 0.717) is 11.9 Å². The first-order valence-electron chi connectivity index (χ1n) is 7.86. The van der Waals surface area contributed by atoms with Crippen molar-refractivity contribution < 1.29 is 5.11 Å². The van der Waals surface area contributed by atoms with Crippen molar-refractivity contribution >= 4 is 5.95 Å². The van der Waals surface area contributed by atoms with Gasteiger partial charge in [0.05, 0.1) is 6.10 Å². The lowest BCUT2D eigenvalue weighted by atomic mass is 9.87. The maximum atomic E-state index is 10.1. The van der Waals surface area contributed by atoms with Crippen LogP contribution in [0.1, 0.15) is 43.9 Å². The molecule has 0 spiro atoms. The van der Waals surface area contributed by atoms with Crippen LogP contribution in [0.25, 0.3) is 0 Å². The van der Waals surface area contributed by atoms with E-state index in [9.17, 15) is 5.11 Å². The minimum atomic E-state index is -0.262. The van der Waals surface area contributed by atoms with Gasteiger partial charge in [-0.25, -0.2) is 9.97 Å². The molecule has 0 aliphatic rings. The Kier molecular flexibility index (Phi) is 5.90. The molecule has 0 aliphatic carbocycles. The molecule has 2 unspecified atom stereocenters. The number of anilines is 1. The van der Waals surface area contributed by atoms with Gasteiger partial charge in [0.15, 0.2) is 0 Å². The number of aliphatic hydroxyl groups excluding tert-OH is 1. The van der Waals surface area contributed by atoms with Gasteiger partial charge in [-0.15, -0.1) is 0 Å². The Morgan fingerprint density at radius 3 is 2.45 bits per heavy atom. The lowest BCUT2D eigenvalue weighted by molar-refractivity contribution is 0.111. The minimum Gasteiger partial charge on any atom is -0.393 e. The molecule has 3 N–H and O–H groups in total. The van der Waals surface area contributed by atoms with E-state index in [1.54, 1.807) is 6.20 Å². The van der Waals surface area contributed by atoms with Crippen molar-refractivity contribution in [1.82, 2.24) is 9.97 Å². The molecule has 1 heterocycles. The molecule has 0 fully saturated rings. The first-order valence-corrected chi connectivity index (χ1v) is 7.86. The van der Waals surface area contributed by atoms with Crippen LogP contribution in [-0.4, -0.2) is 21.2 Å². The van der Waals surface area contributed by atoms with Crippen molar-refractivity contribution in [3.63, 3.8) is 0 Å². The Morgan fingerprint density at radius 1 is 1.09 bits per heavy atom. The second kappa shape index (κ2) is 7.90. The average Bonchev–Trinajstić information content (AvgIpc) is 2.52. The third-order valence-electron chi connectivity index (χ3n) is 4.04. The van der Waals surface area contributed by atoms with Crippen molar-refractivity contribution in [1.29, 1.82) is 0 Å². The molecule has 0 saturated carbocycles. The second-order valence-corrected chi connectivity index (χ2v) is 6.11. The van der Waals surface area contributed by atoms with Gasteiger partial charge in [0, 0.05) is 11.9 Å². The average molecular weight is 299 g/mol. The van der Waals surface area contributed by atoms with Crippen LogP contribution in [0.15, 0.2) is 42.6 Å². The van der Waals surface area contributed by atoms with Crippen molar-refractivity contribution in [2.24, 2.45) is 5.92 Å². The Bertz CT molecular complexity index is 572. The van der Waals surface area contributed by atoms with E-state index < -0.39 is 0 Å². The van der Waals surface area contributed by atoms with Gasteiger partial charge in [-0.3, -0.25) is 0 Å². The molecule has 1 aromatic carbocycles. The fourth-order valence-electron chi connectivity index (χ4n) is 2.60. The number of hydrogen-bond acceptors (Lipinski definition) is 4. The summed E-state index contributed by atoms with van der Waals surface area (Å²) in [5.74, 6) is 0.918. The van der Waals surface area contributed by atoms with E-state index in [0.717, 1.165) is 25.0 Å². The van der Waals surface area contributed by atoms with Crippen LogP contribution in [0.3, 0.4) is 0 Å². The molecule has 2 rings (SSSR count). The van der Waals surface area contributed by atoms with Crippen molar-refractivity contribution in [2.75, 3.05) is 5.73 Å². The SMILES string of the molecule is CC(C)C(O)CCC(Cc1ccnc(N)n1)c1ccccc1. The fraction of sp³-hybridized carbons (Fsp3) is 0.444. The molecule has 4 heteroatoms. The van der Waals surface area contributed by atoms with E-state index in [4.69, 9.17) is 5.73 Å². The molecule has 0 bridgehead atoms. The molecule has 0 amide bonds. The third kappa shape index (κ3) is 4.81. The summed E-state index contributed by atoms with van der Waals surface area (Å²) in [6, 6.07) is 12.3. The lowest BCUT2D eigenvalue weighted by Gasteiger charge is -2.21. The molecule has 0 saturated heterocycles. The van der Waals surface area contributed by atoms with Crippen LogP contribution in [0.4, 0.5) is 5.95 Å². The number of nitrogens with two attached hydrogens (primary N) is 1. The molecule has 2 atom stereocenters. The maximum absolute atomic E-state index is 10.1. The molecule has 0 radical (unpaired) electrons. The highest BCUT2D eigenvalue weighted by molar-refractivity contribution is 5.23. The molecule has 2 aromatic rings. The summed E-state index contributed by atoms with van der Waals surface area (Å²) < 4.78 is 0. The highest BCUT2D eigenvalue weighted by Crippen LogP contribution is 2.27. The van der Waals surface area contributed by atoms with Gasteiger partial charge >= 0.3 is 0 Å². The molecule has 4 nitrogen and oxygen atoms in total. The molecule has 22 heavy (non-hydrogen) atoms. The highest BCUT2D eigenvalue weighted by Gasteiger charge is 2.17. The summed E-state index contributed by atoms with van der Waals surface area (Å²) >= 11 is 0. The highest BCUT2D eigenvalue weighted by atomic mass is 16.3. The van der Waals surface area contributed by atoms with Crippen LogP contribution in [0, 0.1) is 5.92 Å².